The van der Waals surface area contributed by atoms with Crippen LogP contribution in [0.3, 0.4) is 0 Å². The summed E-state index contributed by atoms with van der Waals surface area (Å²) in [5.74, 6) is -0.847. The Balaban J connectivity index is 2.11. The molecule has 0 spiro atoms. The number of rotatable bonds is 4. The predicted octanol–water partition coefficient (Wildman–Crippen LogP) is 2.05. The van der Waals surface area contributed by atoms with Crippen molar-refractivity contribution in [3.05, 3.63) is 18.1 Å². The molecule has 8 heteroatoms. The molecule has 1 N–H and O–H groups in total. The smallest absolute Gasteiger partial charge is 0.360 e. The van der Waals surface area contributed by atoms with Gasteiger partial charge in [0.2, 0.25) is 5.82 Å². The second-order valence-electron chi connectivity index (χ2n) is 5.44. The van der Waals surface area contributed by atoms with Crippen molar-refractivity contribution in [1.82, 2.24) is 15.3 Å². The standard InChI is InChI=1S/C13H19F3N4O/c1-4-20(7-9-8-21-12(2,3)19-9)10-5-6-17-11(18-10)13(14,15)16/h5-6,9,19H,4,7-8H2,1-3H3/t9-/m0/s1. The summed E-state index contributed by atoms with van der Waals surface area (Å²) in [7, 11) is 0. The fourth-order valence-corrected chi connectivity index (χ4v) is 2.29. The molecule has 1 aliphatic rings. The molecule has 0 bridgehead atoms. The highest BCUT2D eigenvalue weighted by molar-refractivity contribution is 5.38. The lowest BCUT2D eigenvalue weighted by molar-refractivity contribution is -0.144. The van der Waals surface area contributed by atoms with Crippen LogP contribution in [0.1, 0.15) is 26.6 Å². The monoisotopic (exact) mass is 304 g/mol. The molecule has 1 atom stereocenters. The number of hydrogen-bond donors (Lipinski definition) is 1. The summed E-state index contributed by atoms with van der Waals surface area (Å²) in [5, 5.41) is 3.28. The van der Waals surface area contributed by atoms with Crippen LogP contribution in [0, 0.1) is 0 Å². The zero-order chi connectivity index (χ0) is 15.7. The molecule has 0 amide bonds. The normalized spacial score (nSPS) is 21.5. The zero-order valence-corrected chi connectivity index (χ0v) is 12.2. The van der Waals surface area contributed by atoms with Crippen LogP contribution in [0.25, 0.3) is 0 Å². The Hall–Kier alpha value is -1.41. The average Bonchev–Trinajstić information content (AvgIpc) is 2.74. The van der Waals surface area contributed by atoms with E-state index in [0.717, 1.165) is 6.20 Å². The van der Waals surface area contributed by atoms with Crippen molar-refractivity contribution < 1.29 is 17.9 Å². The van der Waals surface area contributed by atoms with Gasteiger partial charge >= 0.3 is 6.18 Å². The van der Waals surface area contributed by atoms with Gasteiger partial charge in [0.25, 0.3) is 0 Å². The third-order valence-electron chi connectivity index (χ3n) is 3.24. The zero-order valence-electron chi connectivity index (χ0n) is 12.2. The number of nitrogens with zero attached hydrogens (tertiary/aromatic N) is 3. The lowest BCUT2D eigenvalue weighted by Crippen LogP contribution is -2.45. The van der Waals surface area contributed by atoms with E-state index >= 15 is 0 Å². The summed E-state index contributed by atoms with van der Waals surface area (Å²) in [6.45, 7) is 7.28. The Labute approximate surface area is 121 Å². The molecule has 2 heterocycles. The van der Waals surface area contributed by atoms with E-state index in [9.17, 15) is 13.2 Å². The van der Waals surface area contributed by atoms with Gasteiger partial charge in [-0.15, -0.1) is 0 Å². The second kappa shape index (κ2) is 5.76. The number of halogens is 3. The van der Waals surface area contributed by atoms with Crippen LogP contribution in [0.4, 0.5) is 19.0 Å². The van der Waals surface area contributed by atoms with Gasteiger partial charge in [-0.3, -0.25) is 5.32 Å². The molecule has 0 radical (unpaired) electrons. The van der Waals surface area contributed by atoms with Crippen LogP contribution in [0.15, 0.2) is 12.3 Å². The summed E-state index contributed by atoms with van der Waals surface area (Å²) in [4.78, 5) is 8.67. The molecule has 0 aliphatic carbocycles. The highest BCUT2D eigenvalue weighted by atomic mass is 19.4. The Morgan fingerprint density at radius 1 is 1.48 bits per heavy atom. The maximum Gasteiger partial charge on any atom is 0.451 e. The van der Waals surface area contributed by atoms with E-state index in [1.165, 1.54) is 6.07 Å². The van der Waals surface area contributed by atoms with E-state index < -0.39 is 17.7 Å². The maximum absolute atomic E-state index is 12.7. The highest BCUT2D eigenvalue weighted by Crippen LogP contribution is 2.27. The Morgan fingerprint density at radius 3 is 2.71 bits per heavy atom. The van der Waals surface area contributed by atoms with Gasteiger partial charge in [0.1, 0.15) is 11.5 Å². The molecule has 1 fully saturated rings. The molecule has 1 aromatic heterocycles. The summed E-state index contributed by atoms with van der Waals surface area (Å²) in [6.07, 6.45) is -3.40. The van der Waals surface area contributed by atoms with Gasteiger partial charge in [-0.1, -0.05) is 0 Å². The SMILES string of the molecule is CCN(C[C@H]1COC(C)(C)N1)c1ccnc(C(F)(F)F)n1. The van der Waals surface area contributed by atoms with Gasteiger partial charge in [0, 0.05) is 19.3 Å². The van der Waals surface area contributed by atoms with Crippen LogP contribution in [0.2, 0.25) is 0 Å². The quantitative estimate of drug-likeness (QED) is 0.922. The fraction of sp³-hybridized carbons (Fsp3) is 0.692. The van der Waals surface area contributed by atoms with Crippen molar-refractivity contribution in [3.8, 4) is 0 Å². The summed E-state index contributed by atoms with van der Waals surface area (Å²) >= 11 is 0. The topological polar surface area (TPSA) is 50.3 Å². The van der Waals surface area contributed by atoms with Crippen molar-refractivity contribution >= 4 is 5.82 Å². The predicted molar refractivity (Wildman–Crippen MR) is 71.9 cm³/mol. The summed E-state index contributed by atoms with van der Waals surface area (Å²) in [5.41, 5.74) is -0.410. The molecule has 0 saturated carbocycles. The van der Waals surface area contributed by atoms with Crippen LogP contribution in [0.5, 0.6) is 0 Å². The number of anilines is 1. The highest BCUT2D eigenvalue weighted by Gasteiger charge is 2.35. The van der Waals surface area contributed by atoms with Crippen molar-refractivity contribution in [2.45, 2.75) is 38.7 Å². The molecule has 0 aromatic carbocycles. The molecule has 1 aromatic rings. The van der Waals surface area contributed by atoms with Crippen LogP contribution >= 0.6 is 0 Å². The number of alkyl halides is 3. The van der Waals surface area contributed by atoms with Gasteiger partial charge in [-0.25, -0.2) is 9.97 Å². The van der Waals surface area contributed by atoms with E-state index in [1.54, 1.807) is 4.90 Å². The number of aromatic nitrogens is 2. The number of likely N-dealkylation sites (N-methyl/N-ethyl adjacent to an activating group) is 1. The number of hydrogen-bond acceptors (Lipinski definition) is 5. The van der Waals surface area contributed by atoms with Crippen LogP contribution in [-0.2, 0) is 10.9 Å². The third-order valence-corrected chi connectivity index (χ3v) is 3.24. The van der Waals surface area contributed by atoms with Crippen LogP contribution in [-0.4, -0.2) is 41.4 Å². The van der Waals surface area contributed by atoms with Gasteiger partial charge in [-0.05, 0) is 26.8 Å². The van der Waals surface area contributed by atoms with E-state index in [1.807, 2.05) is 20.8 Å². The fourth-order valence-electron chi connectivity index (χ4n) is 2.29. The van der Waals surface area contributed by atoms with Gasteiger partial charge in [0.05, 0.1) is 12.6 Å². The third kappa shape index (κ3) is 4.04. The number of ether oxygens (including phenoxy) is 1. The molecule has 5 nitrogen and oxygen atoms in total. The minimum absolute atomic E-state index is 0.0456. The second-order valence-corrected chi connectivity index (χ2v) is 5.44. The Morgan fingerprint density at radius 2 is 2.19 bits per heavy atom. The van der Waals surface area contributed by atoms with Gasteiger partial charge < -0.3 is 9.64 Å². The molecule has 21 heavy (non-hydrogen) atoms. The van der Waals surface area contributed by atoms with Gasteiger partial charge in [0.15, 0.2) is 0 Å². The van der Waals surface area contributed by atoms with Crippen molar-refractivity contribution in [2.24, 2.45) is 0 Å². The first-order valence-corrected chi connectivity index (χ1v) is 6.78. The van der Waals surface area contributed by atoms with Crippen LogP contribution < -0.4 is 10.2 Å². The van der Waals surface area contributed by atoms with E-state index in [4.69, 9.17) is 4.74 Å². The van der Waals surface area contributed by atoms with Crippen molar-refractivity contribution in [2.75, 3.05) is 24.6 Å². The minimum Gasteiger partial charge on any atom is -0.360 e. The lowest BCUT2D eigenvalue weighted by Gasteiger charge is -2.26. The Kier molecular flexibility index (Phi) is 4.38. The largest absolute Gasteiger partial charge is 0.451 e. The molecule has 2 rings (SSSR count). The molecule has 118 valence electrons. The molecule has 1 saturated heterocycles. The molecule has 1 aliphatic heterocycles. The van der Waals surface area contributed by atoms with Crippen molar-refractivity contribution in [1.29, 1.82) is 0 Å². The summed E-state index contributed by atoms with van der Waals surface area (Å²) in [6, 6.07) is 1.53. The minimum atomic E-state index is -4.54. The summed E-state index contributed by atoms with van der Waals surface area (Å²) < 4.78 is 43.6. The molecule has 0 unspecified atom stereocenters. The maximum atomic E-state index is 12.7. The van der Waals surface area contributed by atoms with Crippen molar-refractivity contribution in [3.63, 3.8) is 0 Å². The first-order valence-electron chi connectivity index (χ1n) is 6.78. The average molecular weight is 304 g/mol. The van der Waals surface area contributed by atoms with Gasteiger partial charge in [-0.2, -0.15) is 13.2 Å². The number of nitrogens with one attached hydrogen (secondary N) is 1. The first kappa shape index (κ1) is 16.0. The van der Waals surface area contributed by atoms with E-state index in [-0.39, 0.29) is 11.9 Å². The lowest BCUT2D eigenvalue weighted by atomic mass is 10.2. The van der Waals surface area contributed by atoms with E-state index in [0.29, 0.717) is 19.7 Å². The Bertz CT molecular complexity index is 493. The molecular formula is C13H19F3N4O. The first-order chi connectivity index (χ1) is 9.71. The molecular weight excluding hydrogens is 285 g/mol. The van der Waals surface area contributed by atoms with E-state index in [2.05, 4.69) is 15.3 Å².